The lowest BCUT2D eigenvalue weighted by Gasteiger charge is -2.34. The van der Waals surface area contributed by atoms with Crippen LogP contribution in [-0.2, 0) is 22.4 Å². The van der Waals surface area contributed by atoms with Crippen LogP contribution < -0.4 is 16.4 Å². The highest BCUT2D eigenvalue weighted by atomic mass is 16.4. The van der Waals surface area contributed by atoms with E-state index in [4.69, 9.17) is 5.73 Å². The van der Waals surface area contributed by atoms with E-state index < -0.39 is 54.9 Å². The van der Waals surface area contributed by atoms with Crippen molar-refractivity contribution < 1.29 is 30.0 Å². The summed E-state index contributed by atoms with van der Waals surface area (Å²) in [5.74, 6) is -0.846. The van der Waals surface area contributed by atoms with E-state index in [1.165, 1.54) is 6.33 Å². The molecule has 9 N–H and O–H groups in total. The quantitative estimate of drug-likeness (QED) is 0.160. The van der Waals surface area contributed by atoms with Gasteiger partial charge in [0.2, 0.25) is 11.8 Å². The van der Waals surface area contributed by atoms with Crippen LogP contribution in [0.3, 0.4) is 0 Å². The van der Waals surface area contributed by atoms with Crippen molar-refractivity contribution in [1.82, 2.24) is 20.6 Å². The molecule has 1 saturated carbocycles. The smallest absolute Gasteiger partial charge is 0.243 e. The van der Waals surface area contributed by atoms with E-state index in [-0.39, 0.29) is 12.3 Å². The number of aliphatic hydroxyl groups is 4. The molecule has 2 aromatic rings. The predicted molar refractivity (Wildman–Crippen MR) is 141 cm³/mol. The monoisotopic (exact) mass is 531 g/mol. The zero-order valence-corrected chi connectivity index (χ0v) is 21.6. The second kappa shape index (κ2) is 14.9. The maximum atomic E-state index is 13.5. The van der Waals surface area contributed by atoms with Gasteiger partial charge in [0.15, 0.2) is 0 Å². The Morgan fingerprint density at radius 2 is 1.71 bits per heavy atom. The second-order valence-electron chi connectivity index (χ2n) is 10.2. The minimum Gasteiger partial charge on any atom is -0.394 e. The number of aromatic nitrogens is 2. The van der Waals surface area contributed by atoms with Crippen molar-refractivity contribution in [1.29, 1.82) is 0 Å². The second-order valence-corrected chi connectivity index (χ2v) is 10.2. The van der Waals surface area contributed by atoms with Crippen molar-refractivity contribution in [3.05, 3.63) is 54.1 Å². The Morgan fingerprint density at radius 3 is 2.34 bits per heavy atom. The Morgan fingerprint density at radius 1 is 1.00 bits per heavy atom. The van der Waals surface area contributed by atoms with Gasteiger partial charge in [-0.25, -0.2) is 4.98 Å². The first-order chi connectivity index (χ1) is 18.3. The van der Waals surface area contributed by atoms with Crippen LogP contribution in [0.15, 0.2) is 42.9 Å². The van der Waals surface area contributed by atoms with Crippen LogP contribution in [0.1, 0.15) is 49.8 Å². The third kappa shape index (κ3) is 8.88. The number of rotatable bonds is 14. The Labute approximate surface area is 222 Å². The van der Waals surface area contributed by atoms with Crippen LogP contribution in [0.5, 0.6) is 0 Å². The highest BCUT2D eigenvalue weighted by Crippen LogP contribution is 2.28. The minimum atomic E-state index is -1.66. The molecule has 1 unspecified atom stereocenters. The van der Waals surface area contributed by atoms with E-state index >= 15 is 0 Å². The number of hydrogen-bond donors (Lipinski definition) is 8. The maximum Gasteiger partial charge on any atom is 0.243 e. The van der Waals surface area contributed by atoms with Crippen molar-refractivity contribution in [3.63, 3.8) is 0 Å². The van der Waals surface area contributed by atoms with Crippen molar-refractivity contribution >= 4 is 11.8 Å². The number of nitrogens with two attached hydrogens (primary N) is 1. The number of imidazole rings is 1. The first-order valence-electron chi connectivity index (χ1n) is 13.3. The fraction of sp³-hybridized carbons (Fsp3) is 0.593. The number of aromatic amines is 1. The van der Waals surface area contributed by atoms with Gasteiger partial charge in [-0.15, -0.1) is 0 Å². The number of H-pyrrole nitrogens is 1. The summed E-state index contributed by atoms with van der Waals surface area (Å²) in [5.41, 5.74) is 7.64. The lowest BCUT2D eigenvalue weighted by atomic mass is 9.82. The third-order valence-electron chi connectivity index (χ3n) is 7.23. The summed E-state index contributed by atoms with van der Waals surface area (Å²) in [6.07, 6.45) is 4.13. The standard InChI is InChI=1S/C27H41N5O6/c28-20(11-17-7-3-1-4-8-17)26(37)32-22(13-19-14-29-16-30-19)27(38)31-21(12-18-9-5-2-6-10-18)24(35)25(36)23(34)15-33/h1,3-4,7-8,14,16,18,20-25,33-36H,2,5-6,9-13,15,28H2,(H,29,30)(H,31,38)(H,32,37)/t20?,21-,22-,23+,24+,25-/m0/s1. The summed E-state index contributed by atoms with van der Waals surface area (Å²) in [5, 5.41) is 46.0. The number of carbonyl (C=O) groups is 2. The van der Waals surface area contributed by atoms with E-state index in [0.717, 1.165) is 37.7 Å². The molecule has 11 heteroatoms. The average molecular weight is 532 g/mol. The first-order valence-corrected chi connectivity index (χ1v) is 13.3. The zero-order valence-electron chi connectivity index (χ0n) is 21.6. The number of nitrogens with one attached hydrogen (secondary N) is 3. The molecule has 1 aromatic carbocycles. The van der Waals surface area contributed by atoms with Gasteiger partial charge in [0.1, 0.15) is 24.4 Å². The van der Waals surface area contributed by atoms with Gasteiger partial charge in [0.05, 0.1) is 25.0 Å². The minimum absolute atomic E-state index is 0.101. The number of amides is 2. The molecular weight excluding hydrogens is 490 g/mol. The summed E-state index contributed by atoms with van der Waals surface area (Å²) in [4.78, 5) is 33.4. The highest BCUT2D eigenvalue weighted by molar-refractivity contribution is 5.90. The molecule has 0 radical (unpaired) electrons. The molecule has 38 heavy (non-hydrogen) atoms. The van der Waals surface area contributed by atoms with Gasteiger partial charge in [-0.2, -0.15) is 0 Å². The molecule has 1 aliphatic rings. The van der Waals surface area contributed by atoms with Crippen molar-refractivity contribution in [2.45, 2.75) is 87.8 Å². The summed E-state index contributed by atoms with van der Waals surface area (Å²) < 4.78 is 0. The highest BCUT2D eigenvalue weighted by Gasteiger charge is 2.35. The molecule has 3 rings (SSSR count). The zero-order chi connectivity index (χ0) is 27.5. The van der Waals surface area contributed by atoms with E-state index in [9.17, 15) is 30.0 Å². The van der Waals surface area contributed by atoms with Crippen LogP contribution in [0.25, 0.3) is 0 Å². The maximum absolute atomic E-state index is 13.5. The Balaban J connectivity index is 1.74. The number of benzene rings is 1. The molecule has 11 nitrogen and oxygen atoms in total. The van der Waals surface area contributed by atoms with E-state index in [1.54, 1.807) is 6.20 Å². The van der Waals surface area contributed by atoms with Crippen molar-refractivity contribution in [2.75, 3.05) is 6.61 Å². The Kier molecular flexibility index (Phi) is 11.7. The van der Waals surface area contributed by atoms with E-state index in [0.29, 0.717) is 18.5 Å². The number of aliphatic hydroxyl groups excluding tert-OH is 4. The molecule has 1 aliphatic carbocycles. The molecule has 210 valence electrons. The molecule has 1 fully saturated rings. The third-order valence-corrected chi connectivity index (χ3v) is 7.23. The molecule has 6 atom stereocenters. The molecule has 0 spiro atoms. The molecular formula is C27H41N5O6. The lowest BCUT2D eigenvalue weighted by molar-refractivity contribution is -0.132. The van der Waals surface area contributed by atoms with E-state index in [1.807, 2.05) is 30.3 Å². The number of nitrogens with zero attached hydrogens (tertiary/aromatic N) is 1. The normalized spacial score (nSPS) is 19.1. The van der Waals surface area contributed by atoms with Gasteiger partial charge in [0, 0.05) is 18.3 Å². The van der Waals surface area contributed by atoms with Crippen LogP contribution in [0.4, 0.5) is 0 Å². The fourth-order valence-corrected chi connectivity index (χ4v) is 4.99. The number of hydrogen-bond acceptors (Lipinski definition) is 8. The average Bonchev–Trinajstić information content (AvgIpc) is 3.45. The molecule has 1 aromatic heterocycles. The Hall–Kier alpha value is -2.83. The molecule has 0 saturated heterocycles. The molecule has 2 amide bonds. The first kappa shape index (κ1) is 29.7. The van der Waals surface area contributed by atoms with Gasteiger partial charge >= 0.3 is 0 Å². The molecule has 0 aliphatic heterocycles. The summed E-state index contributed by atoms with van der Waals surface area (Å²) in [7, 11) is 0. The van der Waals surface area contributed by atoms with Crippen molar-refractivity contribution in [2.24, 2.45) is 11.7 Å². The predicted octanol–water partition coefficient (Wildman–Crippen LogP) is -0.463. The van der Waals surface area contributed by atoms with Gasteiger partial charge in [0.25, 0.3) is 0 Å². The molecule has 1 heterocycles. The summed E-state index contributed by atoms with van der Waals surface area (Å²) in [6, 6.07) is 6.49. The summed E-state index contributed by atoms with van der Waals surface area (Å²) in [6.45, 7) is -0.736. The fourth-order valence-electron chi connectivity index (χ4n) is 4.99. The van der Waals surface area contributed by atoms with Crippen LogP contribution in [0.2, 0.25) is 0 Å². The van der Waals surface area contributed by atoms with Gasteiger partial charge in [-0.1, -0.05) is 62.4 Å². The van der Waals surface area contributed by atoms with Crippen LogP contribution >= 0.6 is 0 Å². The summed E-state index contributed by atoms with van der Waals surface area (Å²) >= 11 is 0. The number of carbonyl (C=O) groups excluding carboxylic acids is 2. The van der Waals surface area contributed by atoms with Gasteiger partial charge in [-0.05, 0) is 24.3 Å². The van der Waals surface area contributed by atoms with Gasteiger partial charge < -0.3 is 41.8 Å². The van der Waals surface area contributed by atoms with Crippen molar-refractivity contribution in [3.8, 4) is 0 Å². The van der Waals surface area contributed by atoms with Gasteiger partial charge in [-0.3, -0.25) is 9.59 Å². The molecule has 0 bridgehead atoms. The topological polar surface area (TPSA) is 194 Å². The Bertz CT molecular complexity index is 970. The van der Waals surface area contributed by atoms with Crippen LogP contribution in [-0.4, -0.2) is 85.3 Å². The van der Waals surface area contributed by atoms with Crippen LogP contribution in [0, 0.1) is 5.92 Å². The SMILES string of the molecule is NC(Cc1ccccc1)C(=O)N[C@@H](Cc1cnc[nH]1)C(=O)N[C@@H](CC1CCCCC1)[C@@H](O)[C@@H](O)[C@H](O)CO. The van der Waals surface area contributed by atoms with E-state index in [2.05, 4.69) is 20.6 Å². The lowest BCUT2D eigenvalue weighted by Crippen LogP contribution is -2.58. The largest absolute Gasteiger partial charge is 0.394 e.